The van der Waals surface area contributed by atoms with Gasteiger partial charge in [-0.1, -0.05) is 42.5 Å². The molecule has 0 bridgehead atoms. The van der Waals surface area contributed by atoms with Crippen LogP contribution in [0.5, 0.6) is 11.5 Å². The van der Waals surface area contributed by atoms with E-state index in [1.54, 1.807) is 0 Å². The Morgan fingerprint density at radius 3 is 2.10 bits per heavy atom. The Hall–Kier alpha value is -2.26. The smallest absolute Gasteiger partial charge is 0.141 e. The molecule has 0 radical (unpaired) electrons. The lowest BCUT2D eigenvalue weighted by molar-refractivity contribution is 0.480. The van der Waals surface area contributed by atoms with Crippen LogP contribution in [0.15, 0.2) is 77.3 Å². The Kier molecular flexibility index (Phi) is 3.93. The number of hydrogen-bond donors (Lipinski definition) is 1. The molecule has 0 spiro atoms. The van der Waals surface area contributed by atoms with Crippen molar-refractivity contribution in [1.82, 2.24) is 0 Å². The average molecular weight is 340 g/mol. The van der Waals surface area contributed by atoms with Crippen molar-refractivity contribution < 1.29 is 4.74 Å². The molecule has 0 unspecified atom stereocenters. The summed E-state index contributed by atoms with van der Waals surface area (Å²) in [6.45, 7) is 0. The molecule has 3 aromatic carbocycles. The van der Waals surface area contributed by atoms with E-state index < -0.39 is 0 Å². The summed E-state index contributed by atoms with van der Waals surface area (Å²) in [4.78, 5) is 0. The quantitative estimate of drug-likeness (QED) is 0.640. The van der Waals surface area contributed by atoms with Crippen molar-refractivity contribution in [1.29, 1.82) is 0 Å². The van der Waals surface area contributed by atoms with Crippen molar-refractivity contribution in [3.05, 3.63) is 77.3 Å². The van der Waals surface area contributed by atoms with E-state index in [1.807, 2.05) is 48.5 Å². The number of ether oxygens (including phenoxy) is 1. The second-order valence-corrected chi connectivity index (χ2v) is 5.54. The molecular formula is C18H14BrNO. The maximum atomic E-state index is 5.85. The number of nitrogen functional groups attached to an aromatic ring is 1. The standard InChI is InChI=1S/C18H14BrNO/c19-17-12-15(20)8-11-18(17)21-16-9-6-14(7-10-16)13-4-2-1-3-5-13/h1-12H,20H2. The third-order valence-corrected chi connectivity index (χ3v) is 3.76. The Morgan fingerprint density at radius 2 is 1.43 bits per heavy atom. The van der Waals surface area contributed by atoms with Gasteiger partial charge in [0, 0.05) is 5.69 Å². The second-order valence-electron chi connectivity index (χ2n) is 4.68. The lowest BCUT2D eigenvalue weighted by Gasteiger charge is -2.09. The largest absolute Gasteiger partial charge is 0.456 e. The highest BCUT2D eigenvalue weighted by atomic mass is 79.9. The predicted octanol–water partition coefficient (Wildman–Crippen LogP) is 5.49. The van der Waals surface area contributed by atoms with Crippen molar-refractivity contribution in [2.75, 3.05) is 5.73 Å². The molecule has 3 heteroatoms. The summed E-state index contributed by atoms with van der Waals surface area (Å²) in [6, 6.07) is 23.8. The second kappa shape index (κ2) is 6.02. The zero-order chi connectivity index (χ0) is 14.7. The van der Waals surface area contributed by atoms with Crippen LogP contribution in [0.4, 0.5) is 5.69 Å². The van der Waals surface area contributed by atoms with E-state index in [9.17, 15) is 0 Å². The van der Waals surface area contributed by atoms with E-state index in [0.717, 1.165) is 16.0 Å². The first-order valence-electron chi connectivity index (χ1n) is 6.61. The minimum absolute atomic E-state index is 0.702. The number of halogens is 1. The van der Waals surface area contributed by atoms with E-state index in [2.05, 4.69) is 40.2 Å². The summed E-state index contributed by atoms with van der Waals surface area (Å²) in [5.41, 5.74) is 8.78. The van der Waals surface area contributed by atoms with E-state index >= 15 is 0 Å². The SMILES string of the molecule is Nc1ccc(Oc2ccc(-c3ccccc3)cc2)c(Br)c1. The monoisotopic (exact) mass is 339 g/mol. The molecule has 0 heterocycles. The molecule has 0 fully saturated rings. The zero-order valence-corrected chi connectivity index (χ0v) is 12.9. The van der Waals surface area contributed by atoms with Gasteiger partial charge in [0.15, 0.2) is 0 Å². The zero-order valence-electron chi connectivity index (χ0n) is 11.3. The molecule has 0 saturated heterocycles. The molecule has 0 aliphatic rings. The summed E-state index contributed by atoms with van der Waals surface area (Å²) in [5.74, 6) is 1.54. The Balaban J connectivity index is 1.81. The summed E-state index contributed by atoms with van der Waals surface area (Å²) < 4.78 is 6.69. The molecule has 2 N–H and O–H groups in total. The van der Waals surface area contributed by atoms with E-state index in [-0.39, 0.29) is 0 Å². The van der Waals surface area contributed by atoms with Crippen LogP contribution in [0.2, 0.25) is 0 Å². The van der Waals surface area contributed by atoms with E-state index in [4.69, 9.17) is 10.5 Å². The fourth-order valence-corrected chi connectivity index (χ4v) is 2.55. The van der Waals surface area contributed by atoms with Crippen LogP contribution in [-0.2, 0) is 0 Å². The molecular weight excluding hydrogens is 326 g/mol. The van der Waals surface area contributed by atoms with Gasteiger partial charge in [-0.3, -0.25) is 0 Å². The van der Waals surface area contributed by atoms with Crippen LogP contribution < -0.4 is 10.5 Å². The Labute approximate surface area is 132 Å². The van der Waals surface area contributed by atoms with Gasteiger partial charge in [-0.2, -0.15) is 0 Å². The summed E-state index contributed by atoms with van der Waals surface area (Å²) >= 11 is 3.45. The molecule has 0 aliphatic heterocycles. The molecule has 0 atom stereocenters. The molecule has 21 heavy (non-hydrogen) atoms. The lowest BCUT2D eigenvalue weighted by Crippen LogP contribution is -1.88. The number of nitrogens with two attached hydrogens (primary N) is 1. The van der Waals surface area contributed by atoms with Crippen LogP contribution in [0.1, 0.15) is 0 Å². The van der Waals surface area contributed by atoms with Crippen LogP contribution in [0.3, 0.4) is 0 Å². The molecule has 104 valence electrons. The molecule has 3 rings (SSSR count). The molecule has 0 aliphatic carbocycles. The summed E-state index contributed by atoms with van der Waals surface area (Å²) in [6.07, 6.45) is 0. The van der Waals surface area contributed by atoms with Gasteiger partial charge < -0.3 is 10.5 Å². The number of rotatable bonds is 3. The third kappa shape index (κ3) is 3.26. The minimum atomic E-state index is 0.702. The molecule has 0 aromatic heterocycles. The van der Waals surface area contributed by atoms with E-state index in [1.165, 1.54) is 11.1 Å². The first kappa shape index (κ1) is 13.7. The summed E-state index contributed by atoms with van der Waals surface area (Å²) in [5, 5.41) is 0. The van der Waals surface area contributed by atoms with Crippen molar-refractivity contribution in [3.8, 4) is 22.6 Å². The van der Waals surface area contributed by atoms with Gasteiger partial charge in [-0.05, 0) is 57.4 Å². The Morgan fingerprint density at radius 1 is 0.762 bits per heavy atom. The number of hydrogen-bond acceptors (Lipinski definition) is 2. The van der Waals surface area contributed by atoms with Gasteiger partial charge in [0.05, 0.1) is 4.47 Å². The first-order chi connectivity index (χ1) is 10.2. The highest BCUT2D eigenvalue weighted by molar-refractivity contribution is 9.10. The van der Waals surface area contributed by atoms with Gasteiger partial charge in [0.1, 0.15) is 11.5 Å². The van der Waals surface area contributed by atoms with Crippen molar-refractivity contribution in [3.63, 3.8) is 0 Å². The molecule has 2 nitrogen and oxygen atoms in total. The fraction of sp³-hybridized carbons (Fsp3) is 0. The van der Waals surface area contributed by atoms with Crippen LogP contribution >= 0.6 is 15.9 Å². The maximum Gasteiger partial charge on any atom is 0.141 e. The number of anilines is 1. The number of benzene rings is 3. The first-order valence-corrected chi connectivity index (χ1v) is 7.40. The van der Waals surface area contributed by atoms with E-state index in [0.29, 0.717) is 5.69 Å². The van der Waals surface area contributed by atoms with Crippen molar-refractivity contribution >= 4 is 21.6 Å². The minimum Gasteiger partial charge on any atom is -0.456 e. The van der Waals surface area contributed by atoms with Crippen LogP contribution in [0, 0.1) is 0 Å². The van der Waals surface area contributed by atoms with Crippen molar-refractivity contribution in [2.45, 2.75) is 0 Å². The van der Waals surface area contributed by atoms with Crippen LogP contribution in [0.25, 0.3) is 11.1 Å². The summed E-state index contributed by atoms with van der Waals surface area (Å²) in [7, 11) is 0. The maximum absolute atomic E-state index is 5.85. The molecule has 0 saturated carbocycles. The fourth-order valence-electron chi connectivity index (χ4n) is 2.07. The van der Waals surface area contributed by atoms with Gasteiger partial charge in [0.2, 0.25) is 0 Å². The third-order valence-electron chi connectivity index (χ3n) is 3.15. The highest BCUT2D eigenvalue weighted by Crippen LogP contribution is 2.32. The highest BCUT2D eigenvalue weighted by Gasteiger charge is 2.04. The lowest BCUT2D eigenvalue weighted by atomic mass is 10.1. The van der Waals surface area contributed by atoms with Gasteiger partial charge in [0.25, 0.3) is 0 Å². The topological polar surface area (TPSA) is 35.2 Å². The normalized spacial score (nSPS) is 10.3. The molecule has 0 amide bonds. The van der Waals surface area contributed by atoms with Gasteiger partial charge in [-0.15, -0.1) is 0 Å². The average Bonchev–Trinajstić information content (AvgIpc) is 2.52. The van der Waals surface area contributed by atoms with Gasteiger partial charge >= 0.3 is 0 Å². The Bertz CT molecular complexity index is 739. The van der Waals surface area contributed by atoms with Crippen LogP contribution in [-0.4, -0.2) is 0 Å². The van der Waals surface area contributed by atoms with Crippen molar-refractivity contribution in [2.24, 2.45) is 0 Å². The predicted molar refractivity (Wildman–Crippen MR) is 90.5 cm³/mol. The van der Waals surface area contributed by atoms with Gasteiger partial charge in [-0.25, -0.2) is 0 Å². The molecule has 3 aromatic rings.